The molecule has 5 rings (SSSR count). The molecule has 0 fully saturated rings. The van der Waals surface area contributed by atoms with Crippen molar-refractivity contribution < 1.29 is 14.3 Å². The number of hydrogen-bond donors (Lipinski definition) is 1. The van der Waals surface area contributed by atoms with E-state index in [9.17, 15) is 9.59 Å². The van der Waals surface area contributed by atoms with Crippen LogP contribution in [-0.4, -0.2) is 56.7 Å². The second kappa shape index (κ2) is 9.92. The number of carbonyl (C=O) groups is 2. The number of ether oxygens (including phenoxy) is 1. The zero-order valence-electron chi connectivity index (χ0n) is 19.4. The topological polar surface area (TPSA) is 102 Å². The van der Waals surface area contributed by atoms with Crippen molar-refractivity contribution >= 4 is 17.5 Å². The fourth-order valence-corrected chi connectivity index (χ4v) is 4.37. The fourth-order valence-electron chi connectivity index (χ4n) is 4.37. The highest BCUT2D eigenvalue weighted by Gasteiger charge is 2.29. The van der Waals surface area contributed by atoms with Crippen molar-refractivity contribution in [2.24, 2.45) is 0 Å². The van der Waals surface area contributed by atoms with Crippen molar-refractivity contribution in [2.75, 3.05) is 20.2 Å². The first-order valence-corrected chi connectivity index (χ1v) is 11.6. The van der Waals surface area contributed by atoms with E-state index in [1.54, 1.807) is 23.8 Å². The van der Waals surface area contributed by atoms with E-state index in [0.29, 0.717) is 43.4 Å². The van der Waals surface area contributed by atoms with Gasteiger partial charge in [-0.25, -0.2) is 0 Å². The van der Waals surface area contributed by atoms with Crippen LogP contribution in [0, 0.1) is 0 Å². The second-order valence-corrected chi connectivity index (χ2v) is 8.52. The number of aromatic nitrogens is 4. The first kappa shape index (κ1) is 22.5. The third-order valence-electron chi connectivity index (χ3n) is 6.24. The van der Waals surface area contributed by atoms with Gasteiger partial charge < -0.3 is 15.0 Å². The van der Waals surface area contributed by atoms with Crippen LogP contribution in [0.25, 0.3) is 5.65 Å². The van der Waals surface area contributed by atoms with Crippen molar-refractivity contribution in [1.29, 1.82) is 0 Å². The number of hydrogen-bond acceptors (Lipinski definition) is 6. The minimum Gasteiger partial charge on any atom is -0.480 e. The molecular formula is C26H26N6O3. The molecular weight excluding hydrogens is 444 g/mol. The van der Waals surface area contributed by atoms with Gasteiger partial charge in [-0.2, -0.15) is 4.52 Å². The molecule has 9 nitrogen and oxygen atoms in total. The van der Waals surface area contributed by atoms with E-state index < -0.39 is 0 Å². The van der Waals surface area contributed by atoms with Crippen molar-refractivity contribution in [2.45, 2.75) is 25.3 Å². The predicted molar refractivity (Wildman–Crippen MR) is 129 cm³/mol. The molecule has 0 saturated heterocycles. The Bertz CT molecular complexity index is 1350. The Morgan fingerprint density at radius 3 is 2.66 bits per heavy atom. The third kappa shape index (κ3) is 4.84. The van der Waals surface area contributed by atoms with Gasteiger partial charge in [-0.1, -0.05) is 48.5 Å². The number of benzene rings is 2. The minimum absolute atomic E-state index is 0.0294. The van der Waals surface area contributed by atoms with E-state index in [1.807, 2.05) is 59.5 Å². The van der Waals surface area contributed by atoms with Gasteiger partial charge in [0.1, 0.15) is 0 Å². The van der Waals surface area contributed by atoms with Gasteiger partial charge in [0.05, 0.1) is 7.11 Å². The van der Waals surface area contributed by atoms with E-state index >= 15 is 0 Å². The SMILES string of the molecule is COc1ccc2nnc(CCC(=O)NCC(CN3Cc4ccccc4C3=O)c3ccccc3)n2n1. The Morgan fingerprint density at radius 2 is 1.86 bits per heavy atom. The Morgan fingerprint density at radius 1 is 1.06 bits per heavy atom. The van der Waals surface area contributed by atoms with Crippen molar-refractivity contribution in [3.63, 3.8) is 0 Å². The lowest BCUT2D eigenvalue weighted by molar-refractivity contribution is -0.121. The van der Waals surface area contributed by atoms with Crippen LogP contribution in [0.1, 0.15) is 39.6 Å². The maximum Gasteiger partial charge on any atom is 0.254 e. The molecule has 1 N–H and O–H groups in total. The van der Waals surface area contributed by atoms with Crippen molar-refractivity contribution in [3.8, 4) is 5.88 Å². The summed E-state index contributed by atoms with van der Waals surface area (Å²) in [7, 11) is 1.54. The molecule has 1 atom stereocenters. The molecule has 178 valence electrons. The molecule has 4 aromatic rings. The van der Waals surface area contributed by atoms with Crippen LogP contribution in [0.4, 0.5) is 0 Å². The molecule has 3 heterocycles. The highest BCUT2D eigenvalue weighted by atomic mass is 16.5. The summed E-state index contributed by atoms with van der Waals surface area (Å²) in [6, 6.07) is 21.2. The maximum atomic E-state index is 12.9. The Balaban J connectivity index is 1.22. The normalized spacial score (nSPS) is 13.6. The number of rotatable bonds is 9. The molecule has 0 spiro atoms. The maximum absolute atomic E-state index is 12.9. The lowest BCUT2D eigenvalue weighted by Gasteiger charge is -2.24. The zero-order chi connectivity index (χ0) is 24.2. The molecule has 2 amide bonds. The van der Waals surface area contributed by atoms with E-state index in [2.05, 4.69) is 20.6 Å². The van der Waals surface area contributed by atoms with Crippen molar-refractivity contribution in [1.82, 2.24) is 30.0 Å². The Labute approximate surface area is 202 Å². The first-order valence-electron chi connectivity index (χ1n) is 11.6. The average Bonchev–Trinajstić information content (AvgIpc) is 3.45. The number of methoxy groups -OCH3 is 1. The summed E-state index contributed by atoms with van der Waals surface area (Å²) < 4.78 is 6.76. The summed E-state index contributed by atoms with van der Waals surface area (Å²) in [5, 5.41) is 15.6. The van der Waals surface area contributed by atoms with Crippen LogP contribution in [-0.2, 0) is 17.8 Å². The van der Waals surface area contributed by atoms with Gasteiger partial charge >= 0.3 is 0 Å². The van der Waals surface area contributed by atoms with E-state index in [-0.39, 0.29) is 24.2 Å². The van der Waals surface area contributed by atoms with Gasteiger partial charge in [-0.15, -0.1) is 15.3 Å². The molecule has 0 aliphatic carbocycles. The van der Waals surface area contributed by atoms with Crippen LogP contribution in [0.3, 0.4) is 0 Å². The summed E-state index contributed by atoms with van der Waals surface area (Å²) in [6.45, 7) is 1.54. The standard InChI is InChI=1S/C26H26N6O3/c1-35-25-14-12-23-29-28-22(32(23)30-25)11-13-24(33)27-15-20(18-7-3-2-4-8-18)17-31-16-19-9-5-6-10-21(19)26(31)34/h2-10,12,14,20H,11,13,15-17H2,1H3,(H,27,33). The average molecular weight is 471 g/mol. The molecule has 0 radical (unpaired) electrons. The molecule has 1 unspecified atom stereocenters. The highest BCUT2D eigenvalue weighted by molar-refractivity contribution is 5.98. The summed E-state index contributed by atoms with van der Waals surface area (Å²) in [5.74, 6) is 0.954. The van der Waals surface area contributed by atoms with Crippen LogP contribution >= 0.6 is 0 Å². The summed E-state index contributed by atoms with van der Waals surface area (Å²) in [6.07, 6.45) is 0.637. The molecule has 0 bridgehead atoms. The van der Waals surface area contributed by atoms with Crippen LogP contribution in [0.15, 0.2) is 66.7 Å². The summed E-state index contributed by atoms with van der Waals surface area (Å²) >= 11 is 0. The number of aryl methyl sites for hydroxylation is 1. The molecule has 1 aliphatic rings. The smallest absolute Gasteiger partial charge is 0.254 e. The Kier molecular flexibility index (Phi) is 6.38. The summed E-state index contributed by atoms with van der Waals surface area (Å²) in [5.41, 5.74) is 3.48. The molecule has 2 aromatic carbocycles. The van der Waals surface area contributed by atoms with Crippen LogP contribution < -0.4 is 10.1 Å². The second-order valence-electron chi connectivity index (χ2n) is 8.52. The molecule has 9 heteroatoms. The van der Waals surface area contributed by atoms with Crippen LogP contribution in [0.2, 0.25) is 0 Å². The molecule has 35 heavy (non-hydrogen) atoms. The number of amides is 2. The molecule has 0 saturated carbocycles. The number of fused-ring (bicyclic) bond motifs is 2. The fraction of sp³-hybridized carbons (Fsp3) is 0.269. The van der Waals surface area contributed by atoms with Gasteiger partial charge in [-0.3, -0.25) is 9.59 Å². The van der Waals surface area contributed by atoms with Gasteiger partial charge in [0, 0.05) is 50.0 Å². The third-order valence-corrected chi connectivity index (χ3v) is 6.24. The van der Waals surface area contributed by atoms with Crippen LogP contribution in [0.5, 0.6) is 5.88 Å². The van der Waals surface area contributed by atoms with Gasteiger partial charge in [-0.05, 0) is 23.3 Å². The number of carbonyl (C=O) groups excluding carboxylic acids is 2. The van der Waals surface area contributed by atoms with E-state index in [0.717, 1.165) is 16.7 Å². The predicted octanol–water partition coefficient (Wildman–Crippen LogP) is 2.62. The van der Waals surface area contributed by atoms with Gasteiger partial charge in [0.2, 0.25) is 11.8 Å². The monoisotopic (exact) mass is 470 g/mol. The lowest BCUT2D eigenvalue weighted by atomic mass is 9.98. The lowest BCUT2D eigenvalue weighted by Crippen LogP contribution is -2.36. The van der Waals surface area contributed by atoms with Crippen molar-refractivity contribution in [3.05, 3.63) is 89.2 Å². The molecule has 1 aliphatic heterocycles. The highest BCUT2D eigenvalue weighted by Crippen LogP contribution is 2.26. The quantitative estimate of drug-likeness (QED) is 0.404. The zero-order valence-corrected chi connectivity index (χ0v) is 19.4. The number of nitrogens with one attached hydrogen (secondary N) is 1. The first-order chi connectivity index (χ1) is 17.1. The van der Waals surface area contributed by atoms with Gasteiger partial charge in [0.25, 0.3) is 5.91 Å². The minimum atomic E-state index is -0.0957. The number of nitrogens with zero attached hydrogens (tertiary/aromatic N) is 5. The Hall–Kier alpha value is -4.27. The largest absolute Gasteiger partial charge is 0.480 e. The van der Waals surface area contributed by atoms with E-state index in [4.69, 9.17) is 4.74 Å². The summed E-state index contributed by atoms with van der Waals surface area (Å²) in [4.78, 5) is 27.5. The van der Waals surface area contributed by atoms with E-state index in [1.165, 1.54) is 0 Å². The van der Waals surface area contributed by atoms with Gasteiger partial charge in [0.15, 0.2) is 11.5 Å². The molecule has 2 aromatic heterocycles.